The van der Waals surface area contributed by atoms with E-state index < -0.39 is 0 Å². The van der Waals surface area contributed by atoms with Crippen LogP contribution < -0.4 is 21.2 Å². The molecule has 0 spiro atoms. The van der Waals surface area contributed by atoms with Crippen LogP contribution in [-0.4, -0.2) is 4.57 Å². The van der Waals surface area contributed by atoms with Crippen molar-refractivity contribution in [2.24, 2.45) is 0 Å². The summed E-state index contributed by atoms with van der Waals surface area (Å²) in [5, 5.41) is 2.70. The van der Waals surface area contributed by atoms with Gasteiger partial charge in [-0.15, -0.1) is 0 Å². The summed E-state index contributed by atoms with van der Waals surface area (Å²) in [5.41, 5.74) is 3.92. The molecule has 0 amide bonds. The van der Waals surface area contributed by atoms with Crippen molar-refractivity contribution >= 4 is 27.5 Å². The number of nitrogens with zero attached hydrogens (tertiary/aromatic N) is 1. The Morgan fingerprint density at radius 1 is 1.05 bits per heavy atom. The van der Waals surface area contributed by atoms with E-state index in [-0.39, 0.29) is 21.2 Å². The SMILES string of the molecule is C=CC1=C(/C=C\C)[I-]c2cccc3c4ccccc4n1c23. The third kappa shape index (κ3) is 1.75. The first-order valence-corrected chi connectivity index (χ1v) is 9.17. The molecule has 1 aromatic heterocycles. The number of allylic oxidation sites excluding steroid dienone is 5. The Morgan fingerprint density at radius 2 is 1.86 bits per heavy atom. The zero-order chi connectivity index (χ0) is 14.4. The van der Waals surface area contributed by atoms with Crippen molar-refractivity contribution in [3.63, 3.8) is 0 Å². The van der Waals surface area contributed by atoms with Crippen LogP contribution in [0.1, 0.15) is 6.92 Å². The summed E-state index contributed by atoms with van der Waals surface area (Å²) in [4.78, 5) is 0. The van der Waals surface area contributed by atoms with Gasteiger partial charge in [0, 0.05) is 0 Å². The molecular weight excluding hydrogens is 369 g/mol. The Kier molecular flexibility index (Phi) is 3.00. The molecule has 0 saturated heterocycles. The van der Waals surface area contributed by atoms with Gasteiger partial charge in [-0.1, -0.05) is 0 Å². The number of rotatable bonds is 2. The molecule has 21 heavy (non-hydrogen) atoms. The number of para-hydroxylation sites is 2. The molecule has 0 radical (unpaired) electrons. The van der Waals surface area contributed by atoms with E-state index in [9.17, 15) is 0 Å². The summed E-state index contributed by atoms with van der Waals surface area (Å²) >= 11 is -0.152. The van der Waals surface area contributed by atoms with Gasteiger partial charge in [0.2, 0.25) is 0 Å². The predicted octanol–water partition coefficient (Wildman–Crippen LogP) is 2.00. The molecule has 3 aromatic rings. The average molecular weight is 384 g/mol. The van der Waals surface area contributed by atoms with E-state index in [2.05, 4.69) is 72.7 Å². The van der Waals surface area contributed by atoms with E-state index >= 15 is 0 Å². The third-order valence-corrected chi connectivity index (χ3v) is 6.79. The van der Waals surface area contributed by atoms with Crippen molar-refractivity contribution in [1.29, 1.82) is 0 Å². The fourth-order valence-corrected chi connectivity index (χ4v) is 6.10. The molecule has 0 unspecified atom stereocenters. The number of benzene rings is 2. The molecule has 0 aliphatic carbocycles. The molecule has 2 heterocycles. The molecule has 1 aliphatic rings. The first-order valence-electron chi connectivity index (χ1n) is 7.02. The summed E-state index contributed by atoms with van der Waals surface area (Å²) in [7, 11) is 0. The van der Waals surface area contributed by atoms with Gasteiger partial charge < -0.3 is 0 Å². The molecule has 0 saturated carbocycles. The van der Waals surface area contributed by atoms with Gasteiger partial charge in [-0.2, -0.15) is 0 Å². The molecule has 4 rings (SSSR count). The van der Waals surface area contributed by atoms with Gasteiger partial charge in [0.05, 0.1) is 0 Å². The summed E-state index contributed by atoms with van der Waals surface area (Å²) < 4.78 is 5.33. The van der Waals surface area contributed by atoms with Crippen LogP contribution in [0.15, 0.2) is 70.9 Å². The second-order valence-corrected chi connectivity index (χ2v) is 7.88. The fraction of sp³-hybridized carbons (Fsp3) is 0.0526. The van der Waals surface area contributed by atoms with E-state index in [0.29, 0.717) is 0 Å². The van der Waals surface area contributed by atoms with Crippen molar-refractivity contribution in [3.8, 4) is 0 Å². The molecule has 1 nitrogen and oxygen atoms in total. The Bertz CT molecular complexity index is 941. The maximum absolute atomic E-state index is 4.07. The van der Waals surface area contributed by atoms with E-state index in [1.807, 2.05) is 6.08 Å². The van der Waals surface area contributed by atoms with Crippen molar-refractivity contribution < 1.29 is 21.2 Å². The molecule has 0 bridgehead atoms. The molecular formula is C19H15IN-. The third-order valence-electron chi connectivity index (χ3n) is 3.84. The van der Waals surface area contributed by atoms with Crippen molar-refractivity contribution in [2.75, 3.05) is 0 Å². The number of fused-ring (bicyclic) bond motifs is 3. The van der Waals surface area contributed by atoms with Crippen LogP contribution in [0.4, 0.5) is 0 Å². The number of halogens is 1. The number of hydrogen-bond acceptors (Lipinski definition) is 0. The van der Waals surface area contributed by atoms with Gasteiger partial charge >= 0.3 is 135 Å². The normalized spacial score (nSPS) is 14.9. The average Bonchev–Trinajstić information content (AvgIpc) is 2.85. The van der Waals surface area contributed by atoms with Crippen molar-refractivity contribution in [1.82, 2.24) is 4.57 Å². The molecule has 2 heteroatoms. The Hall–Kier alpha value is -1.81. The molecule has 0 fully saturated rings. The van der Waals surface area contributed by atoms with E-state index in [0.717, 1.165) is 0 Å². The summed E-state index contributed by atoms with van der Waals surface area (Å²) in [5.74, 6) is 0. The van der Waals surface area contributed by atoms with Gasteiger partial charge in [0.1, 0.15) is 0 Å². The second kappa shape index (κ2) is 4.88. The Morgan fingerprint density at radius 3 is 2.67 bits per heavy atom. The first kappa shape index (κ1) is 12.9. The van der Waals surface area contributed by atoms with Crippen LogP contribution >= 0.6 is 0 Å². The minimum absolute atomic E-state index is 0.152. The van der Waals surface area contributed by atoms with Gasteiger partial charge in [-0.05, 0) is 0 Å². The number of hydrogen-bond donors (Lipinski definition) is 0. The van der Waals surface area contributed by atoms with Crippen LogP contribution in [-0.2, 0) is 0 Å². The van der Waals surface area contributed by atoms with Crippen molar-refractivity contribution in [3.05, 3.63) is 74.4 Å². The fourth-order valence-electron chi connectivity index (χ4n) is 3.02. The zero-order valence-electron chi connectivity index (χ0n) is 11.8. The molecule has 1 aliphatic heterocycles. The van der Waals surface area contributed by atoms with Crippen LogP contribution in [0.3, 0.4) is 0 Å². The van der Waals surface area contributed by atoms with Crippen LogP contribution in [0.5, 0.6) is 0 Å². The van der Waals surface area contributed by atoms with E-state index in [1.54, 1.807) is 0 Å². The zero-order valence-corrected chi connectivity index (χ0v) is 14.0. The van der Waals surface area contributed by atoms with Crippen LogP contribution in [0, 0.1) is 3.57 Å². The first-order chi connectivity index (χ1) is 10.3. The van der Waals surface area contributed by atoms with E-state index in [4.69, 9.17) is 0 Å². The molecule has 2 aromatic carbocycles. The van der Waals surface area contributed by atoms with Crippen LogP contribution in [0.25, 0.3) is 27.5 Å². The van der Waals surface area contributed by atoms with E-state index in [1.165, 1.54) is 34.7 Å². The summed E-state index contributed by atoms with van der Waals surface area (Å²) in [6, 6.07) is 15.4. The molecule has 104 valence electrons. The monoisotopic (exact) mass is 384 g/mol. The minimum atomic E-state index is -0.152. The number of aromatic nitrogens is 1. The van der Waals surface area contributed by atoms with Gasteiger partial charge in [0.15, 0.2) is 0 Å². The Labute approximate surface area is 134 Å². The van der Waals surface area contributed by atoms with Crippen LogP contribution in [0.2, 0.25) is 0 Å². The van der Waals surface area contributed by atoms with Crippen molar-refractivity contribution in [2.45, 2.75) is 6.92 Å². The van der Waals surface area contributed by atoms with Gasteiger partial charge in [-0.3, -0.25) is 0 Å². The predicted molar refractivity (Wildman–Crippen MR) is 86.4 cm³/mol. The van der Waals surface area contributed by atoms with Gasteiger partial charge in [0.25, 0.3) is 0 Å². The van der Waals surface area contributed by atoms with Gasteiger partial charge in [-0.25, -0.2) is 0 Å². The maximum atomic E-state index is 4.07. The summed E-state index contributed by atoms with van der Waals surface area (Å²) in [6.07, 6.45) is 6.40. The molecule has 0 N–H and O–H groups in total. The second-order valence-electron chi connectivity index (χ2n) is 5.02. The topological polar surface area (TPSA) is 4.93 Å². The molecule has 0 atom stereocenters. The quantitative estimate of drug-likeness (QED) is 0.596. The Balaban J connectivity index is 2.26. The standard InChI is InChI=1S/C19H15IN/c1-3-8-15-17(4-2)21-18-12-6-5-9-13(18)14-10-7-11-16(20-15)19(14)21/h3-12H,2H2,1H3/q-1/b8-3-. The summed E-state index contributed by atoms with van der Waals surface area (Å²) in [6.45, 7) is 6.15.